The van der Waals surface area contributed by atoms with Crippen molar-refractivity contribution in [3.05, 3.63) is 0 Å². The van der Waals surface area contributed by atoms with E-state index in [0.717, 1.165) is 19.6 Å². The Kier molecular flexibility index (Phi) is 4.27. The molecule has 4 nitrogen and oxygen atoms in total. The topological polar surface area (TPSA) is 52.6 Å². The van der Waals surface area contributed by atoms with Crippen molar-refractivity contribution in [1.82, 2.24) is 10.2 Å². The van der Waals surface area contributed by atoms with E-state index < -0.39 is 6.09 Å². The van der Waals surface area contributed by atoms with Crippen molar-refractivity contribution < 1.29 is 9.90 Å². The molecule has 1 rings (SSSR count). The van der Waals surface area contributed by atoms with Gasteiger partial charge in [0.2, 0.25) is 0 Å². The molecular formula is C10H16N2O2. The van der Waals surface area contributed by atoms with Crippen LogP contribution in [0.4, 0.5) is 4.79 Å². The largest absolute Gasteiger partial charge is 0.465 e. The summed E-state index contributed by atoms with van der Waals surface area (Å²) >= 11 is 0. The second-order valence-electron chi connectivity index (χ2n) is 3.54. The van der Waals surface area contributed by atoms with Gasteiger partial charge in [-0.15, -0.1) is 0 Å². The Hall–Kier alpha value is -1.21. The molecule has 0 aromatic heterocycles. The van der Waals surface area contributed by atoms with Crippen molar-refractivity contribution in [3.8, 4) is 11.8 Å². The van der Waals surface area contributed by atoms with Crippen molar-refractivity contribution in [2.24, 2.45) is 0 Å². The number of hydrogen-bond donors (Lipinski definition) is 2. The summed E-state index contributed by atoms with van der Waals surface area (Å²) < 4.78 is 0. The van der Waals surface area contributed by atoms with E-state index in [-0.39, 0.29) is 6.04 Å². The molecule has 0 aromatic rings. The summed E-state index contributed by atoms with van der Waals surface area (Å²) in [5, 5.41) is 10.8. The summed E-state index contributed by atoms with van der Waals surface area (Å²) in [6, 6.07) is -0.0867. The van der Waals surface area contributed by atoms with Crippen LogP contribution in [0.3, 0.4) is 0 Å². The lowest BCUT2D eigenvalue weighted by Crippen LogP contribution is -2.37. The second kappa shape index (κ2) is 5.51. The molecule has 14 heavy (non-hydrogen) atoms. The highest BCUT2D eigenvalue weighted by molar-refractivity contribution is 5.64. The quantitative estimate of drug-likeness (QED) is 0.655. The molecule has 1 atom stereocenters. The molecule has 1 aliphatic rings. The zero-order valence-corrected chi connectivity index (χ0v) is 8.42. The predicted octanol–water partition coefficient (Wildman–Crippen LogP) is 0.742. The fourth-order valence-electron chi connectivity index (χ4n) is 1.19. The van der Waals surface area contributed by atoms with Gasteiger partial charge in [0.1, 0.15) is 0 Å². The first-order valence-electron chi connectivity index (χ1n) is 4.86. The van der Waals surface area contributed by atoms with Crippen LogP contribution >= 0.6 is 0 Å². The van der Waals surface area contributed by atoms with E-state index in [1.54, 1.807) is 0 Å². The molecule has 1 aliphatic heterocycles. The van der Waals surface area contributed by atoms with E-state index in [9.17, 15) is 4.79 Å². The van der Waals surface area contributed by atoms with Gasteiger partial charge in [0, 0.05) is 25.6 Å². The lowest BCUT2D eigenvalue weighted by Gasteiger charge is -2.28. The van der Waals surface area contributed by atoms with Gasteiger partial charge < -0.3 is 10.4 Å². The standard InChI is InChI=1S/C10H16N2O2/c1-9(11-10(13)14)5-2-3-6-12-7-4-8-12/h9,11H,4-8H2,1H3,(H,13,14). The molecule has 78 valence electrons. The number of nitrogens with one attached hydrogen (secondary N) is 1. The number of hydrogen-bond acceptors (Lipinski definition) is 2. The summed E-state index contributed by atoms with van der Waals surface area (Å²) in [7, 11) is 0. The molecule has 1 heterocycles. The van der Waals surface area contributed by atoms with Crippen LogP contribution in [-0.2, 0) is 0 Å². The van der Waals surface area contributed by atoms with Gasteiger partial charge >= 0.3 is 6.09 Å². The minimum Gasteiger partial charge on any atom is -0.465 e. The van der Waals surface area contributed by atoms with Crippen LogP contribution in [0.25, 0.3) is 0 Å². The second-order valence-corrected chi connectivity index (χ2v) is 3.54. The minimum atomic E-state index is -0.984. The maximum atomic E-state index is 10.2. The molecule has 4 heteroatoms. The van der Waals surface area contributed by atoms with Crippen molar-refractivity contribution in [1.29, 1.82) is 0 Å². The van der Waals surface area contributed by atoms with E-state index in [0.29, 0.717) is 6.42 Å². The van der Waals surface area contributed by atoms with Gasteiger partial charge in [-0.3, -0.25) is 4.90 Å². The molecule has 0 spiro atoms. The Balaban J connectivity index is 2.07. The molecule has 1 unspecified atom stereocenters. The maximum absolute atomic E-state index is 10.2. The molecule has 1 amide bonds. The number of carboxylic acid groups (broad SMARTS) is 1. The molecule has 0 aromatic carbocycles. The van der Waals surface area contributed by atoms with E-state index in [1.807, 2.05) is 6.92 Å². The Labute approximate surface area is 84.3 Å². The van der Waals surface area contributed by atoms with E-state index >= 15 is 0 Å². The fraction of sp³-hybridized carbons (Fsp3) is 0.700. The van der Waals surface area contributed by atoms with Crippen LogP contribution in [0.5, 0.6) is 0 Å². The third-order valence-corrected chi connectivity index (χ3v) is 2.15. The third kappa shape index (κ3) is 4.15. The summed E-state index contributed by atoms with van der Waals surface area (Å²) in [6.45, 7) is 4.93. The van der Waals surface area contributed by atoms with Gasteiger partial charge in [-0.05, 0) is 13.3 Å². The zero-order chi connectivity index (χ0) is 10.4. The van der Waals surface area contributed by atoms with Crippen molar-refractivity contribution >= 4 is 6.09 Å². The summed E-state index contributed by atoms with van der Waals surface area (Å²) in [5.74, 6) is 6.01. The zero-order valence-electron chi connectivity index (χ0n) is 8.42. The Morgan fingerprint density at radius 2 is 2.29 bits per heavy atom. The first-order valence-corrected chi connectivity index (χ1v) is 4.86. The maximum Gasteiger partial charge on any atom is 0.404 e. The number of nitrogens with zero attached hydrogens (tertiary/aromatic N) is 1. The highest BCUT2D eigenvalue weighted by atomic mass is 16.4. The molecular weight excluding hydrogens is 180 g/mol. The van der Waals surface area contributed by atoms with Gasteiger partial charge in [-0.25, -0.2) is 4.79 Å². The summed E-state index contributed by atoms with van der Waals surface area (Å²) in [5.41, 5.74) is 0. The van der Waals surface area contributed by atoms with Crippen molar-refractivity contribution in [3.63, 3.8) is 0 Å². The van der Waals surface area contributed by atoms with Crippen molar-refractivity contribution in [2.75, 3.05) is 19.6 Å². The summed E-state index contributed by atoms with van der Waals surface area (Å²) in [6.07, 6.45) is 0.876. The normalized spacial score (nSPS) is 17.5. The van der Waals surface area contributed by atoms with Crippen LogP contribution < -0.4 is 5.32 Å². The van der Waals surface area contributed by atoms with Gasteiger partial charge in [0.15, 0.2) is 0 Å². The average molecular weight is 196 g/mol. The molecule has 0 radical (unpaired) electrons. The van der Waals surface area contributed by atoms with Crippen LogP contribution in [0, 0.1) is 11.8 Å². The lowest BCUT2D eigenvalue weighted by atomic mass is 10.2. The van der Waals surface area contributed by atoms with Crippen LogP contribution in [0.2, 0.25) is 0 Å². The van der Waals surface area contributed by atoms with Crippen LogP contribution in [-0.4, -0.2) is 41.8 Å². The lowest BCUT2D eigenvalue weighted by molar-refractivity contribution is 0.191. The van der Waals surface area contributed by atoms with E-state index in [4.69, 9.17) is 5.11 Å². The highest BCUT2D eigenvalue weighted by Gasteiger charge is 2.10. The SMILES string of the molecule is CC(CC#CCN1CCC1)NC(=O)O. The first kappa shape index (κ1) is 10.9. The minimum absolute atomic E-state index is 0.0867. The molecule has 2 N–H and O–H groups in total. The average Bonchev–Trinajstić information content (AvgIpc) is 1.99. The third-order valence-electron chi connectivity index (χ3n) is 2.15. The highest BCUT2D eigenvalue weighted by Crippen LogP contribution is 2.02. The smallest absolute Gasteiger partial charge is 0.404 e. The number of amides is 1. The molecule has 0 bridgehead atoms. The van der Waals surface area contributed by atoms with Gasteiger partial charge in [0.25, 0.3) is 0 Å². The van der Waals surface area contributed by atoms with E-state index in [1.165, 1.54) is 6.42 Å². The number of likely N-dealkylation sites (tertiary alicyclic amines) is 1. The Morgan fingerprint density at radius 1 is 1.57 bits per heavy atom. The van der Waals surface area contributed by atoms with Gasteiger partial charge in [-0.2, -0.15) is 0 Å². The first-order chi connectivity index (χ1) is 6.68. The van der Waals surface area contributed by atoms with Gasteiger partial charge in [-0.1, -0.05) is 11.8 Å². The molecule has 1 fully saturated rings. The number of rotatable bonds is 3. The Morgan fingerprint density at radius 3 is 2.79 bits per heavy atom. The molecule has 0 saturated carbocycles. The fourth-order valence-corrected chi connectivity index (χ4v) is 1.19. The predicted molar refractivity (Wildman–Crippen MR) is 54.1 cm³/mol. The molecule has 1 saturated heterocycles. The molecule has 0 aliphatic carbocycles. The van der Waals surface area contributed by atoms with Crippen LogP contribution in [0.15, 0.2) is 0 Å². The van der Waals surface area contributed by atoms with E-state index in [2.05, 4.69) is 22.1 Å². The number of carbonyl (C=O) groups is 1. The summed E-state index contributed by atoms with van der Waals surface area (Å²) in [4.78, 5) is 12.5. The van der Waals surface area contributed by atoms with Crippen molar-refractivity contribution in [2.45, 2.75) is 25.8 Å². The monoisotopic (exact) mass is 196 g/mol. The van der Waals surface area contributed by atoms with Gasteiger partial charge in [0.05, 0.1) is 6.54 Å². The van der Waals surface area contributed by atoms with Crippen LogP contribution in [0.1, 0.15) is 19.8 Å². The Bertz CT molecular complexity index is 251.